The minimum atomic E-state index is -2.20. The van der Waals surface area contributed by atoms with Crippen LogP contribution in [0.15, 0.2) is 0 Å². The van der Waals surface area contributed by atoms with Crippen molar-refractivity contribution in [2.24, 2.45) is 0 Å². The zero-order valence-corrected chi connectivity index (χ0v) is 15.2. The molecule has 0 aliphatic rings. The molecular weight excluding hydrogens is 392 g/mol. The van der Waals surface area contributed by atoms with Crippen molar-refractivity contribution < 1.29 is 70.9 Å². The molecule has 0 radical (unpaired) electrons. The Hall–Kier alpha value is -1.46. The van der Waals surface area contributed by atoms with Gasteiger partial charge in [0.1, 0.15) is 36.6 Å². The van der Waals surface area contributed by atoms with E-state index >= 15 is 0 Å². The Labute approximate surface area is 159 Å². The largest absolute Gasteiger partial charge is 0.479 e. The van der Waals surface area contributed by atoms with Crippen molar-refractivity contribution in [3.63, 3.8) is 0 Å². The van der Waals surface area contributed by atoms with Crippen LogP contribution in [-0.4, -0.2) is 135 Å². The van der Waals surface area contributed by atoms with Crippen molar-refractivity contribution in [1.82, 2.24) is 0 Å². The van der Waals surface area contributed by atoms with Crippen molar-refractivity contribution in [1.29, 1.82) is 0 Å². The van der Waals surface area contributed by atoms with Gasteiger partial charge in [0.2, 0.25) is 0 Å². The molecule has 0 aromatic rings. The molecule has 0 unspecified atom stereocenters. The third-order valence-corrected chi connectivity index (χ3v) is 3.02. The van der Waals surface area contributed by atoms with Gasteiger partial charge in [0.25, 0.3) is 0 Å². The Morgan fingerprint density at radius 1 is 0.571 bits per heavy atom. The third kappa shape index (κ3) is 11.4. The lowest BCUT2D eigenvalue weighted by Gasteiger charge is -2.23. The zero-order chi connectivity index (χ0) is 23.2. The van der Waals surface area contributed by atoms with E-state index in [1.807, 2.05) is 13.8 Å². The maximum Gasteiger partial charge on any atom is 0.335 e. The van der Waals surface area contributed by atoms with Crippen LogP contribution in [0.25, 0.3) is 0 Å². The highest BCUT2D eigenvalue weighted by Crippen LogP contribution is 2.05. The minimum Gasteiger partial charge on any atom is -0.479 e. The zero-order valence-electron chi connectivity index (χ0n) is 15.2. The van der Waals surface area contributed by atoms with Crippen molar-refractivity contribution in [3.8, 4) is 0 Å². The molecule has 0 saturated carbocycles. The first kappa shape index (κ1) is 31.2. The highest BCUT2D eigenvalue weighted by Gasteiger charge is 2.34. The molecule has 8 atom stereocenters. The van der Waals surface area contributed by atoms with Crippen LogP contribution in [0.3, 0.4) is 0 Å². The van der Waals surface area contributed by atoms with Gasteiger partial charge in [-0.25, -0.2) is 9.59 Å². The first-order valence-corrected chi connectivity index (χ1v) is 7.95. The van der Waals surface area contributed by atoms with Crippen LogP contribution < -0.4 is 0 Å². The molecule has 0 aromatic heterocycles. The number of hydrogen-bond donors (Lipinski definition) is 12. The van der Waals surface area contributed by atoms with Crippen molar-refractivity contribution in [2.75, 3.05) is 13.2 Å². The summed E-state index contributed by atoms with van der Waals surface area (Å²) < 4.78 is 0. The maximum absolute atomic E-state index is 10.1. The summed E-state index contributed by atoms with van der Waals surface area (Å²) in [6.07, 6.45) is -15.7. The number of aliphatic hydroxyl groups is 10. The van der Waals surface area contributed by atoms with Crippen LogP contribution in [0.5, 0.6) is 0 Å². The summed E-state index contributed by atoms with van der Waals surface area (Å²) in [7, 11) is 0. The number of carboxylic acids is 2. The van der Waals surface area contributed by atoms with Crippen molar-refractivity contribution in [2.45, 2.75) is 62.7 Å². The average molecular weight is 422 g/mol. The number of rotatable bonds is 10. The summed E-state index contributed by atoms with van der Waals surface area (Å²) in [6.45, 7) is 2.31. The smallest absolute Gasteiger partial charge is 0.335 e. The lowest BCUT2D eigenvalue weighted by Crippen LogP contribution is -2.48. The first-order chi connectivity index (χ1) is 12.8. The van der Waals surface area contributed by atoms with Crippen LogP contribution >= 0.6 is 0 Å². The van der Waals surface area contributed by atoms with Crippen LogP contribution in [0.4, 0.5) is 0 Å². The number of hydrogen-bond acceptors (Lipinski definition) is 12. The molecule has 0 fully saturated rings. The predicted octanol–water partition coefficient (Wildman–Crippen LogP) is -5.96. The van der Waals surface area contributed by atoms with Crippen molar-refractivity contribution >= 4 is 11.9 Å². The molecule has 14 nitrogen and oxygen atoms in total. The number of carbonyl (C=O) groups is 2. The summed E-state index contributed by atoms with van der Waals surface area (Å²) in [5.41, 5.74) is 0. The topological polar surface area (TPSA) is 277 Å². The van der Waals surface area contributed by atoms with Gasteiger partial charge in [-0.05, 0) is 0 Å². The van der Waals surface area contributed by atoms with Gasteiger partial charge in [0.05, 0.1) is 13.2 Å². The van der Waals surface area contributed by atoms with E-state index < -0.39 is 74.0 Å². The van der Waals surface area contributed by atoms with E-state index in [0.717, 1.165) is 0 Å². The first-order valence-electron chi connectivity index (χ1n) is 7.95. The summed E-state index contributed by atoms with van der Waals surface area (Å²) in [4.78, 5) is 20.2. The van der Waals surface area contributed by atoms with Gasteiger partial charge in [0, 0.05) is 0 Å². The van der Waals surface area contributed by atoms with Crippen molar-refractivity contribution in [3.05, 3.63) is 0 Å². The molecule has 170 valence electrons. The molecule has 0 saturated heterocycles. The van der Waals surface area contributed by atoms with Gasteiger partial charge in [0.15, 0.2) is 12.2 Å². The molecule has 0 rings (SSSR count). The second-order valence-corrected chi connectivity index (χ2v) is 5.03. The standard InChI is InChI=1S/2C6H12O7.C2H6/c2*7-1-2(8)3(9)4(10)5(11)6(12)13;1-2/h2*2-5,7-11H,1H2,(H,12,13);1-2H3/t2*2-,3-,4+,5-;/m11./s1. The summed E-state index contributed by atoms with van der Waals surface area (Å²) in [5.74, 6) is -3.45. The highest BCUT2D eigenvalue weighted by molar-refractivity contribution is 5.73. The summed E-state index contributed by atoms with van der Waals surface area (Å²) in [6, 6.07) is 0. The van der Waals surface area contributed by atoms with Gasteiger partial charge in [-0.2, -0.15) is 0 Å². The second-order valence-electron chi connectivity index (χ2n) is 5.03. The SMILES string of the molecule is CC.O=C(O)[C@H](O)[C@@H](O)[C@H](O)[C@H](O)CO.O=C(O)[C@H](O)[C@@H](O)[C@H](O)[C@H](O)CO. The minimum absolute atomic E-state index is 0.843. The average Bonchev–Trinajstić information content (AvgIpc) is 2.70. The molecule has 0 aliphatic carbocycles. The van der Waals surface area contributed by atoms with Crippen LogP contribution in [0, 0.1) is 0 Å². The Bertz CT molecular complexity index is 381. The van der Waals surface area contributed by atoms with E-state index in [4.69, 9.17) is 61.3 Å². The molecule has 0 bridgehead atoms. The van der Waals surface area contributed by atoms with E-state index in [1.54, 1.807) is 0 Å². The van der Waals surface area contributed by atoms with Gasteiger partial charge < -0.3 is 61.3 Å². The Morgan fingerprint density at radius 3 is 0.929 bits per heavy atom. The molecule has 28 heavy (non-hydrogen) atoms. The van der Waals surface area contributed by atoms with E-state index in [2.05, 4.69) is 0 Å². The number of aliphatic carboxylic acids is 2. The molecular formula is C14H30O14. The third-order valence-electron chi connectivity index (χ3n) is 3.02. The van der Waals surface area contributed by atoms with E-state index in [0.29, 0.717) is 0 Å². The van der Waals surface area contributed by atoms with E-state index in [-0.39, 0.29) is 0 Å². The molecule has 0 amide bonds. The lowest BCUT2D eigenvalue weighted by atomic mass is 10.0. The highest BCUT2D eigenvalue weighted by atomic mass is 16.4. The molecule has 14 heteroatoms. The van der Waals surface area contributed by atoms with Gasteiger partial charge >= 0.3 is 11.9 Å². The Morgan fingerprint density at radius 2 is 0.786 bits per heavy atom. The van der Waals surface area contributed by atoms with Gasteiger partial charge in [-0.1, -0.05) is 13.8 Å². The van der Waals surface area contributed by atoms with E-state index in [9.17, 15) is 9.59 Å². The fraction of sp³-hybridized carbons (Fsp3) is 0.857. The molecule has 0 aromatic carbocycles. The Kier molecular flexibility index (Phi) is 18.4. The Balaban J connectivity index is -0.000000410. The molecule has 12 N–H and O–H groups in total. The number of carboxylic acid groups (broad SMARTS) is 2. The summed E-state index contributed by atoms with van der Waals surface area (Å²) in [5, 5.41) is 104. The fourth-order valence-electron chi connectivity index (χ4n) is 1.34. The van der Waals surface area contributed by atoms with Crippen LogP contribution in [0.2, 0.25) is 0 Å². The van der Waals surface area contributed by atoms with Crippen LogP contribution in [-0.2, 0) is 9.59 Å². The molecule has 0 spiro atoms. The van der Waals surface area contributed by atoms with Gasteiger partial charge in [-0.15, -0.1) is 0 Å². The van der Waals surface area contributed by atoms with Gasteiger partial charge in [-0.3, -0.25) is 0 Å². The molecule has 0 heterocycles. The van der Waals surface area contributed by atoms with E-state index in [1.165, 1.54) is 0 Å². The monoisotopic (exact) mass is 422 g/mol. The molecule has 0 aliphatic heterocycles. The summed E-state index contributed by atoms with van der Waals surface area (Å²) >= 11 is 0. The second kappa shape index (κ2) is 16.5. The normalized spacial score (nSPS) is 19.1. The maximum atomic E-state index is 10.1. The van der Waals surface area contributed by atoms with Crippen LogP contribution in [0.1, 0.15) is 13.8 Å². The predicted molar refractivity (Wildman–Crippen MR) is 88.8 cm³/mol. The fourth-order valence-corrected chi connectivity index (χ4v) is 1.34. The number of aliphatic hydroxyl groups excluding tert-OH is 10. The quantitative estimate of drug-likeness (QED) is 0.156. The lowest BCUT2D eigenvalue weighted by molar-refractivity contribution is -0.164.